The maximum absolute atomic E-state index is 11.7. The molecule has 0 aromatic carbocycles. The minimum atomic E-state index is -0.920. The number of halogens is 1. The highest BCUT2D eigenvalue weighted by Gasteiger charge is 2.22. The number of nitriles is 1. The lowest BCUT2D eigenvalue weighted by atomic mass is 10.1. The van der Waals surface area contributed by atoms with Crippen molar-refractivity contribution in [2.75, 3.05) is 0 Å². The summed E-state index contributed by atoms with van der Waals surface area (Å²) in [5.74, 6) is 0.266. The summed E-state index contributed by atoms with van der Waals surface area (Å²) in [6, 6.07) is 5.16. The molecule has 0 aliphatic heterocycles. The van der Waals surface area contributed by atoms with Gasteiger partial charge in [-0.2, -0.15) is 5.26 Å². The van der Waals surface area contributed by atoms with Crippen molar-refractivity contribution in [3.05, 3.63) is 23.7 Å². The third kappa shape index (κ3) is 3.01. The summed E-state index contributed by atoms with van der Waals surface area (Å²) in [5.41, 5.74) is -0.920. The Morgan fingerprint density at radius 2 is 2.25 bits per heavy atom. The third-order valence-electron chi connectivity index (χ3n) is 1.95. The monoisotopic (exact) mass is 240 g/mol. The second kappa shape index (κ2) is 4.58. The summed E-state index contributed by atoms with van der Waals surface area (Å²) in [6.45, 7) is 4.97. The van der Waals surface area contributed by atoms with Gasteiger partial charge in [-0.3, -0.25) is 4.79 Å². The zero-order valence-electron chi connectivity index (χ0n) is 9.37. The topological polar surface area (TPSA) is 66.0 Å². The van der Waals surface area contributed by atoms with Gasteiger partial charge in [0.05, 0.1) is 11.4 Å². The molecule has 1 N–H and O–H groups in total. The van der Waals surface area contributed by atoms with Crippen LogP contribution in [0.4, 0.5) is 0 Å². The Hall–Kier alpha value is -1.47. The molecule has 16 heavy (non-hydrogen) atoms. The van der Waals surface area contributed by atoms with Gasteiger partial charge in [0.15, 0.2) is 5.76 Å². The van der Waals surface area contributed by atoms with Gasteiger partial charge < -0.3 is 9.73 Å². The third-order valence-corrected chi connectivity index (χ3v) is 2.16. The van der Waals surface area contributed by atoms with Gasteiger partial charge in [-0.05, 0) is 32.9 Å². The van der Waals surface area contributed by atoms with Crippen LogP contribution >= 0.6 is 11.6 Å². The standard InChI is InChI=1S/C11H13ClN2O2/c1-7(12)8-4-5-9(16-8)10(15)14-11(2,3)6-13/h4-5,7H,1-3H3,(H,14,15). The van der Waals surface area contributed by atoms with Crippen molar-refractivity contribution in [2.24, 2.45) is 0 Å². The predicted molar refractivity (Wildman–Crippen MR) is 60.1 cm³/mol. The minimum Gasteiger partial charge on any atom is -0.454 e. The lowest BCUT2D eigenvalue weighted by Gasteiger charge is -2.16. The molecule has 0 aliphatic rings. The molecule has 0 spiro atoms. The fraction of sp³-hybridized carbons (Fsp3) is 0.455. The van der Waals surface area contributed by atoms with Crippen LogP contribution in [0.3, 0.4) is 0 Å². The Kier molecular flexibility index (Phi) is 3.61. The van der Waals surface area contributed by atoms with E-state index in [0.717, 1.165) is 0 Å². The highest BCUT2D eigenvalue weighted by atomic mass is 35.5. The number of hydrogen-bond acceptors (Lipinski definition) is 3. The first-order valence-corrected chi connectivity index (χ1v) is 5.27. The first kappa shape index (κ1) is 12.6. The van der Waals surface area contributed by atoms with Crippen LogP contribution in [0.15, 0.2) is 16.5 Å². The maximum atomic E-state index is 11.7. The zero-order chi connectivity index (χ0) is 12.3. The number of nitrogens with one attached hydrogen (secondary N) is 1. The van der Waals surface area contributed by atoms with Gasteiger partial charge in [0.2, 0.25) is 0 Å². The first-order chi connectivity index (χ1) is 7.35. The molecule has 86 valence electrons. The Morgan fingerprint density at radius 1 is 1.62 bits per heavy atom. The SMILES string of the molecule is CC(Cl)c1ccc(C(=O)NC(C)(C)C#N)o1. The van der Waals surface area contributed by atoms with E-state index in [-0.39, 0.29) is 11.1 Å². The van der Waals surface area contributed by atoms with Crippen LogP contribution in [0.5, 0.6) is 0 Å². The van der Waals surface area contributed by atoms with Crippen molar-refractivity contribution < 1.29 is 9.21 Å². The lowest BCUT2D eigenvalue weighted by Crippen LogP contribution is -2.41. The van der Waals surface area contributed by atoms with Gasteiger partial charge in [-0.25, -0.2) is 0 Å². The molecule has 1 heterocycles. The van der Waals surface area contributed by atoms with Crippen molar-refractivity contribution in [3.8, 4) is 6.07 Å². The molecule has 1 atom stereocenters. The Morgan fingerprint density at radius 3 is 2.69 bits per heavy atom. The van der Waals surface area contributed by atoms with Gasteiger partial charge in [0, 0.05) is 0 Å². The molecule has 0 radical (unpaired) electrons. The fourth-order valence-electron chi connectivity index (χ4n) is 1.06. The maximum Gasteiger partial charge on any atom is 0.288 e. The largest absolute Gasteiger partial charge is 0.454 e. The van der Waals surface area contributed by atoms with Crippen LogP contribution in [-0.4, -0.2) is 11.4 Å². The molecule has 4 nitrogen and oxygen atoms in total. The average molecular weight is 241 g/mol. The van der Waals surface area contributed by atoms with E-state index in [1.807, 2.05) is 6.07 Å². The number of carbonyl (C=O) groups is 1. The Balaban J connectivity index is 2.79. The number of nitrogens with zero attached hydrogens (tertiary/aromatic N) is 1. The molecule has 1 aromatic heterocycles. The molecule has 0 aliphatic carbocycles. The molecule has 1 aromatic rings. The first-order valence-electron chi connectivity index (χ1n) is 4.83. The summed E-state index contributed by atoms with van der Waals surface area (Å²) in [4.78, 5) is 11.7. The van der Waals surface area contributed by atoms with Crippen LogP contribution < -0.4 is 5.32 Å². The van der Waals surface area contributed by atoms with Crippen LogP contribution in [-0.2, 0) is 0 Å². The molecule has 0 saturated heterocycles. The highest BCUT2D eigenvalue weighted by Crippen LogP contribution is 2.21. The van der Waals surface area contributed by atoms with Crippen molar-refractivity contribution in [3.63, 3.8) is 0 Å². The van der Waals surface area contributed by atoms with E-state index < -0.39 is 11.4 Å². The van der Waals surface area contributed by atoms with Crippen LogP contribution in [0, 0.1) is 11.3 Å². The molecule has 0 bridgehead atoms. The number of rotatable bonds is 3. The quantitative estimate of drug-likeness (QED) is 0.826. The van der Waals surface area contributed by atoms with Gasteiger partial charge in [-0.15, -0.1) is 11.6 Å². The van der Waals surface area contributed by atoms with Gasteiger partial charge in [-0.1, -0.05) is 0 Å². The fourth-order valence-corrected chi connectivity index (χ4v) is 1.18. The predicted octanol–water partition coefficient (Wildman–Crippen LogP) is 2.61. The summed E-state index contributed by atoms with van der Waals surface area (Å²) in [5, 5.41) is 11.0. The summed E-state index contributed by atoms with van der Waals surface area (Å²) < 4.78 is 5.24. The molecular formula is C11H13ClN2O2. The second-order valence-corrected chi connectivity index (χ2v) is 4.66. The van der Waals surface area contributed by atoms with Crippen molar-refractivity contribution in [1.29, 1.82) is 5.26 Å². The van der Waals surface area contributed by atoms with Gasteiger partial charge in [0.1, 0.15) is 11.3 Å². The van der Waals surface area contributed by atoms with Gasteiger partial charge >= 0.3 is 0 Å². The zero-order valence-corrected chi connectivity index (χ0v) is 10.1. The van der Waals surface area contributed by atoms with Crippen LogP contribution in [0.2, 0.25) is 0 Å². The van der Waals surface area contributed by atoms with E-state index >= 15 is 0 Å². The van der Waals surface area contributed by atoms with Gasteiger partial charge in [0.25, 0.3) is 5.91 Å². The number of furan rings is 1. The van der Waals surface area contributed by atoms with E-state index in [9.17, 15) is 4.79 Å². The number of alkyl halides is 1. The second-order valence-electron chi connectivity index (χ2n) is 4.01. The van der Waals surface area contributed by atoms with Crippen LogP contribution in [0.1, 0.15) is 42.5 Å². The average Bonchev–Trinajstić information content (AvgIpc) is 2.66. The van der Waals surface area contributed by atoms with E-state index in [0.29, 0.717) is 5.76 Å². The molecule has 0 saturated carbocycles. The van der Waals surface area contributed by atoms with Crippen molar-refractivity contribution in [2.45, 2.75) is 31.7 Å². The number of carbonyl (C=O) groups excluding carboxylic acids is 1. The van der Waals surface area contributed by atoms with E-state index in [1.165, 1.54) is 6.07 Å². The smallest absolute Gasteiger partial charge is 0.288 e. The molecule has 1 unspecified atom stereocenters. The molecule has 5 heteroatoms. The van der Waals surface area contributed by atoms with E-state index in [1.54, 1.807) is 26.8 Å². The van der Waals surface area contributed by atoms with Crippen molar-refractivity contribution in [1.82, 2.24) is 5.32 Å². The summed E-state index contributed by atoms with van der Waals surface area (Å²) in [6.07, 6.45) is 0. The molecule has 1 amide bonds. The van der Waals surface area contributed by atoms with E-state index in [2.05, 4.69) is 5.32 Å². The highest BCUT2D eigenvalue weighted by molar-refractivity contribution is 6.20. The molecule has 1 rings (SSSR count). The molecular weight excluding hydrogens is 228 g/mol. The Bertz CT molecular complexity index is 429. The molecule has 0 fully saturated rings. The van der Waals surface area contributed by atoms with Crippen molar-refractivity contribution >= 4 is 17.5 Å². The summed E-state index contributed by atoms with van der Waals surface area (Å²) >= 11 is 5.80. The Labute approximate surface area is 99.2 Å². The van der Waals surface area contributed by atoms with Crippen LogP contribution in [0.25, 0.3) is 0 Å². The lowest BCUT2D eigenvalue weighted by molar-refractivity contribution is 0.0899. The number of hydrogen-bond donors (Lipinski definition) is 1. The number of amides is 1. The summed E-state index contributed by atoms with van der Waals surface area (Å²) in [7, 11) is 0. The van der Waals surface area contributed by atoms with E-state index in [4.69, 9.17) is 21.3 Å². The minimum absolute atomic E-state index is 0.158. The normalized spacial score (nSPS) is 12.9.